The molecule has 1 unspecified atom stereocenters. The summed E-state index contributed by atoms with van der Waals surface area (Å²) < 4.78 is 5.04. The molecule has 2 N–H and O–H groups in total. The van der Waals surface area contributed by atoms with E-state index in [1.165, 1.54) is 11.0 Å². The van der Waals surface area contributed by atoms with Gasteiger partial charge in [0, 0.05) is 19.7 Å². The van der Waals surface area contributed by atoms with E-state index in [-0.39, 0.29) is 19.1 Å². The lowest BCUT2D eigenvalue weighted by Gasteiger charge is -2.17. The minimum Gasteiger partial charge on any atom is -0.497 e. The normalized spacial score (nSPS) is 12.4. The molecule has 0 aliphatic carbocycles. The SMILES string of the molecule is COc1ccc(/C=C/C(=O)N(C)CC(O)CO)cc1. The Labute approximate surface area is 112 Å². The number of methoxy groups -OCH3 is 1. The van der Waals surface area contributed by atoms with Crippen LogP contribution in [0.1, 0.15) is 5.56 Å². The van der Waals surface area contributed by atoms with Crippen molar-refractivity contribution < 1.29 is 19.7 Å². The van der Waals surface area contributed by atoms with Crippen molar-refractivity contribution in [3.8, 4) is 5.75 Å². The first-order valence-electron chi connectivity index (χ1n) is 5.93. The van der Waals surface area contributed by atoms with Crippen LogP contribution in [-0.4, -0.2) is 54.4 Å². The maximum Gasteiger partial charge on any atom is 0.246 e. The van der Waals surface area contributed by atoms with Gasteiger partial charge in [-0.05, 0) is 23.8 Å². The van der Waals surface area contributed by atoms with E-state index in [2.05, 4.69) is 0 Å². The molecule has 0 fully saturated rings. The lowest BCUT2D eigenvalue weighted by molar-refractivity contribution is -0.126. The Balaban J connectivity index is 2.57. The molecular weight excluding hydrogens is 246 g/mol. The summed E-state index contributed by atoms with van der Waals surface area (Å²) in [5, 5.41) is 17.9. The number of carbonyl (C=O) groups is 1. The molecule has 1 aromatic carbocycles. The van der Waals surface area contributed by atoms with Crippen molar-refractivity contribution in [3.63, 3.8) is 0 Å². The van der Waals surface area contributed by atoms with Gasteiger partial charge >= 0.3 is 0 Å². The molecule has 19 heavy (non-hydrogen) atoms. The van der Waals surface area contributed by atoms with Crippen LogP contribution < -0.4 is 4.74 Å². The molecule has 0 bridgehead atoms. The van der Waals surface area contributed by atoms with Crippen LogP contribution in [0.4, 0.5) is 0 Å². The lowest BCUT2D eigenvalue weighted by Crippen LogP contribution is -2.34. The summed E-state index contributed by atoms with van der Waals surface area (Å²) in [6.07, 6.45) is 2.19. The fourth-order valence-electron chi connectivity index (χ4n) is 1.47. The molecule has 1 amide bonds. The van der Waals surface area contributed by atoms with Crippen molar-refractivity contribution in [2.75, 3.05) is 27.3 Å². The van der Waals surface area contributed by atoms with Gasteiger partial charge in [-0.2, -0.15) is 0 Å². The Morgan fingerprint density at radius 3 is 2.58 bits per heavy atom. The molecule has 0 aliphatic rings. The summed E-state index contributed by atoms with van der Waals surface area (Å²) in [5.41, 5.74) is 0.880. The largest absolute Gasteiger partial charge is 0.497 e. The quantitative estimate of drug-likeness (QED) is 0.736. The first-order valence-corrected chi connectivity index (χ1v) is 5.93. The van der Waals surface area contributed by atoms with Gasteiger partial charge < -0.3 is 19.8 Å². The Hall–Kier alpha value is -1.85. The van der Waals surface area contributed by atoms with Crippen molar-refractivity contribution >= 4 is 12.0 Å². The summed E-state index contributed by atoms with van der Waals surface area (Å²) in [6.45, 7) is -0.262. The standard InChI is InChI=1S/C14H19NO4/c1-15(9-12(17)10-16)14(18)8-5-11-3-6-13(19-2)7-4-11/h3-8,12,16-17H,9-10H2,1-2H3/b8-5+. The van der Waals surface area contributed by atoms with E-state index in [0.717, 1.165) is 11.3 Å². The smallest absolute Gasteiger partial charge is 0.246 e. The predicted octanol–water partition coefficient (Wildman–Crippen LogP) is 0.520. The Morgan fingerprint density at radius 1 is 1.42 bits per heavy atom. The Bertz CT molecular complexity index is 428. The molecular formula is C14H19NO4. The number of aliphatic hydroxyl groups is 2. The van der Waals surface area contributed by atoms with Crippen LogP contribution in [0, 0.1) is 0 Å². The van der Waals surface area contributed by atoms with Crippen LogP contribution in [0.15, 0.2) is 30.3 Å². The molecule has 0 heterocycles. The molecule has 0 spiro atoms. The van der Waals surface area contributed by atoms with Crippen LogP contribution in [0.25, 0.3) is 6.08 Å². The first-order chi connectivity index (χ1) is 9.06. The van der Waals surface area contributed by atoms with Gasteiger partial charge in [0.25, 0.3) is 0 Å². The number of ether oxygens (including phenoxy) is 1. The fraction of sp³-hybridized carbons (Fsp3) is 0.357. The van der Waals surface area contributed by atoms with E-state index in [1.54, 1.807) is 20.2 Å². The molecule has 0 radical (unpaired) electrons. The Morgan fingerprint density at radius 2 is 2.05 bits per heavy atom. The number of nitrogens with zero attached hydrogens (tertiary/aromatic N) is 1. The van der Waals surface area contributed by atoms with Crippen LogP contribution in [-0.2, 0) is 4.79 Å². The van der Waals surface area contributed by atoms with Crippen LogP contribution in [0.5, 0.6) is 5.75 Å². The molecule has 1 aromatic rings. The maximum atomic E-state index is 11.7. The molecule has 0 aliphatic heterocycles. The van der Waals surface area contributed by atoms with E-state index in [4.69, 9.17) is 9.84 Å². The average molecular weight is 265 g/mol. The molecule has 1 rings (SSSR count). The predicted molar refractivity (Wildman–Crippen MR) is 72.8 cm³/mol. The monoisotopic (exact) mass is 265 g/mol. The van der Waals surface area contributed by atoms with Crippen molar-refractivity contribution in [2.45, 2.75) is 6.10 Å². The Kier molecular flexibility index (Phi) is 6.05. The fourth-order valence-corrected chi connectivity index (χ4v) is 1.47. The van der Waals surface area contributed by atoms with Gasteiger partial charge in [-0.15, -0.1) is 0 Å². The number of likely N-dealkylation sites (N-methyl/N-ethyl adjacent to an activating group) is 1. The number of carbonyl (C=O) groups excluding carboxylic acids is 1. The van der Waals surface area contributed by atoms with E-state index in [1.807, 2.05) is 24.3 Å². The van der Waals surface area contributed by atoms with E-state index >= 15 is 0 Å². The summed E-state index contributed by atoms with van der Waals surface area (Å²) in [5.74, 6) is 0.523. The van der Waals surface area contributed by atoms with Gasteiger partial charge in [0.2, 0.25) is 5.91 Å². The van der Waals surface area contributed by atoms with Crippen LogP contribution in [0.2, 0.25) is 0 Å². The van der Waals surface area contributed by atoms with Gasteiger partial charge in [-0.1, -0.05) is 12.1 Å². The summed E-state index contributed by atoms with van der Waals surface area (Å²) in [7, 11) is 3.16. The number of hydrogen-bond donors (Lipinski definition) is 2. The van der Waals surface area contributed by atoms with Gasteiger partial charge in [0.05, 0.1) is 19.8 Å². The van der Waals surface area contributed by atoms with Gasteiger partial charge in [0.15, 0.2) is 0 Å². The average Bonchev–Trinajstić information content (AvgIpc) is 2.44. The second kappa shape index (κ2) is 7.56. The second-order valence-corrected chi connectivity index (χ2v) is 4.16. The molecule has 0 saturated carbocycles. The number of hydrogen-bond acceptors (Lipinski definition) is 4. The molecule has 5 heteroatoms. The van der Waals surface area contributed by atoms with E-state index in [0.29, 0.717) is 0 Å². The third-order valence-corrected chi connectivity index (χ3v) is 2.61. The van der Waals surface area contributed by atoms with Gasteiger partial charge in [0.1, 0.15) is 5.75 Å². The zero-order valence-electron chi connectivity index (χ0n) is 11.1. The number of rotatable bonds is 6. The highest BCUT2D eigenvalue weighted by atomic mass is 16.5. The highest BCUT2D eigenvalue weighted by molar-refractivity contribution is 5.91. The second-order valence-electron chi connectivity index (χ2n) is 4.16. The molecule has 104 valence electrons. The zero-order chi connectivity index (χ0) is 14.3. The molecule has 1 atom stereocenters. The van der Waals surface area contributed by atoms with E-state index in [9.17, 15) is 9.90 Å². The highest BCUT2D eigenvalue weighted by Crippen LogP contribution is 2.12. The minimum absolute atomic E-state index is 0.0995. The van der Waals surface area contributed by atoms with Gasteiger partial charge in [-0.25, -0.2) is 0 Å². The molecule has 5 nitrogen and oxygen atoms in total. The van der Waals surface area contributed by atoms with Crippen LogP contribution in [0.3, 0.4) is 0 Å². The van der Waals surface area contributed by atoms with Gasteiger partial charge in [-0.3, -0.25) is 4.79 Å². The van der Waals surface area contributed by atoms with Crippen molar-refractivity contribution in [2.24, 2.45) is 0 Å². The van der Waals surface area contributed by atoms with Crippen LogP contribution >= 0.6 is 0 Å². The zero-order valence-corrected chi connectivity index (χ0v) is 11.1. The highest BCUT2D eigenvalue weighted by Gasteiger charge is 2.10. The maximum absolute atomic E-state index is 11.7. The summed E-state index contributed by atoms with van der Waals surface area (Å²) >= 11 is 0. The van der Waals surface area contributed by atoms with E-state index < -0.39 is 6.10 Å². The first kappa shape index (κ1) is 15.2. The van der Waals surface area contributed by atoms with Crippen molar-refractivity contribution in [1.29, 1.82) is 0 Å². The number of benzene rings is 1. The number of aliphatic hydroxyl groups excluding tert-OH is 2. The molecule has 0 aromatic heterocycles. The topological polar surface area (TPSA) is 70.0 Å². The molecule has 0 saturated heterocycles. The number of amides is 1. The summed E-state index contributed by atoms with van der Waals surface area (Å²) in [4.78, 5) is 13.1. The van der Waals surface area contributed by atoms with Crippen molar-refractivity contribution in [1.82, 2.24) is 4.90 Å². The lowest BCUT2D eigenvalue weighted by atomic mass is 10.2. The minimum atomic E-state index is -0.914. The third-order valence-electron chi connectivity index (χ3n) is 2.61. The summed E-state index contributed by atoms with van der Waals surface area (Å²) in [6, 6.07) is 7.29. The van der Waals surface area contributed by atoms with Crippen molar-refractivity contribution in [3.05, 3.63) is 35.9 Å². The third kappa shape index (κ3) is 5.11.